The van der Waals surface area contributed by atoms with Gasteiger partial charge in [-0.05, 0) is 13.3 Å². The molecule has 1 heterocycles. The standard InChI is InChI=1S/C11H17N3O2S/c1-5-7-13(4)17(15,16)11-9-14(8-6-2)10(3)12-11/h1,9H,6-8H2,2-4H3. The van der Waals surface area contributed by atoms with Crippen molar-refractivity contribution in [2.75, 3.05) is 13.6 Å². The van der Waals surface area contributed by atoms with Gasteiger partial charge in [0.2, 0.25) is 0 Å². The van der Waals surface area contributed by atoms with E-state index in [9.17, 15) is 8.42 Å². The molecule has 0 spiro atoms. The SMILES string of the molecule is C#CCN(C)S(=O)(=O)c1cn(CCC)c(C)n1. The lowest BCUT2D eigenvalue weighted by molar-refractivity contribution is 0.499. The van der Waals surface area contributed by atoms with Gasteiger partial charge in [0, 0.05) is 19.8 Å². The Morgan fingerprint density at radius 2 is 2.24 bits per heavy atom. The minimum Gasteiger partial charge on any atom is -0.334 e. The van der Waals surface area contributed by atoms with Crippen LogP contribution in [-0.2, 0) is 16.6 Å². The maximum absolute atomic E-state index is 12.0. The average molecular weight is 255 g/mol. The third kappa shape index (κ3) is 2.87. The quantitative estimate of drug-likeness (QED) is 0.733. The Morgan fingerprint density at radius 3 is 2.76 bits per heavy atom. The van der Waals surface area contributed by atoms with Crippen molar-refractivity contribution in [1.29, 1.82) is 0 Å². The van der Waals surface area contributed by atoms with Crippen molar-refractivity contribution in [3.8, 4) is 12.3 Å². The van der Waals surface area contributed by atoms with Crippen LogP contribution in [0.25, 0.3) is 0 Å². The Bertz CT molecular complexity index is 525. The lowest BCUT2D eigenvalue weighted by Gasteiger charge is -2.11. The number of sulfonamides is 1. The van der Waals surface area contributed by atoms with E-state index in [0.29, 0.717) is 5.82 Å². The molecule has 0 aliphatic rings. The second-order valence-electron chi connectivity index (χ2n) is 3.78. The molecule has 0 amide bonds. The van der Waals surface area contributed by atoms with Gasteiger partial charge in [-0.15, -0.1) is 6.42 Å². The second kappa shape index (κ2) is 5.34. The first-order valence-corrected chi connectivity index (χ1v) is 6.81. The zero-order valence-electron chi connectivity index (χ0n) is 10.3. The van der Waals surface area contributed by atoms with Crippen LogP contribution < -0.4 is 0 Å². The summed E-state index contributed by atoms with van der Waals surface area (Å²) in [6.45, 7) is 4.61. The normalized spacial score (nSPS) is 11.7. The Morgan fingerprint density at radius 1 is 1.59 bits per heavy atom. The number of hydrogen-bond acceptors (Lipinski definition) is 3. The summed E-state index contributed by atoms with van der Waals surface area (Å²) in [5.74, 6) is 3.00. The summed E-state index contributed by atoms with van der Waals surface area (Å²) >= 11 is 0. The van der Waals surface area contributed by atoms with Gasteiger partial charge in [0.1, 0.15) is 5.82 Å². The highest BCUT2D eigenvalue weighted by Crippen LogP contribution is 2.13. The van der Waals surface area contributed by atoms with Crippen molar-refractivity contribution < 1.29 is 8.42 Å². The van der Waals surface area contributed by atoms with Gasteiger partial charge in [-0.1, -0.05) is 12.8 Å². The topological polar surface area (TPSA) is 55.2 Å². The first kappa shape index (κ1) is 13.7. The van der Waals surface area contributed by atoms with Crippen LogP contribution in [0, 0.1) is 19.3 Å². The number of nitrogens with zero attached hydrogens (tertiary/aromatic N) is 3. The van der Waals surface area contributed by atoms with Gasteiger partial charge >= 0.3 is 0 Å². The van der Waals surface area contributed by atoms with Crippen molar-refractivity contribution >= 4 is 10.0 Å². The van der Waals surface area contributed by atoms with Gasteiger partial charge in [0.05, 0.1) is 6.54 Å². The van der Waals surface area contributed by atoms with E-state index in [1.54, 1.807) is 13.1 Å². The van der Waals surface area contributed by atoms with Gasteiger partial charge in [0.25, 0.3) is 10.0 Å². The average Bonchev–Trinajstić information content (AvgIpc) is 2.62. The summed E-state index contributed by atoms with van der Waals surface area (Å²) in [6.07, 6.45) is 7.59. The largest absolute Gasteiger partial charge is 0.334 e. The Labute approximate surface area is 103 Å². The predicted molar refractivity (Wildman–Crippen MR) is 65.9 cm³/mol. The maximum Gasteiger partial charge on any atom is 0.262 e. The van der Waals surface area contributed by atoms with Crippen LogP contribution in [0.3, 0.4) is 0 Å². The highest BCUT2D eigenvalue weighted by molar-refractivity contribution is 7.89. The highest BCUT2D eigenvalue weighted by atomic mass is 32.2. The number of aryl methyl sites for hydroxylation is 2. The lowest BCUT2D eigenvalue weighted by Crippen LogP contribution is -2.27. The van der Waals surface area contributed by atoms with Crippen molar-refractivity contribution in [2.45, 2.75) is 31.8 Å². The molecule has 1 rings (SSSR count). The van der Waals surface area contributed by atoms with Crippen LogP contribution in [0.2, 0.25) is 0 Å². The van der Waals surface area contributed by atoms with Gasteiger partial charge < -0.3 is 4.57 Å². The molecule has 0 unspecified atom stereocenters. The molecule has 0 fully saturated rings. The van der Waals surface area contributed by atoms with E-state index in [0.717, 1.165) is 17.3 Å². The predicted octanol–water partition coefficient (Wildman–Crippen LogP) is 0.855. The minimum absolute atomic E-state index is 0.0437. The number of aromatic nitrogens is 2. The zero-order valence-corrected chi connectivity index (χ0v) is 11.2. The van der Waals surface area contributed by atoms with Crippen LogP contribution in [0.5, 0.6) is 0 Å². The molecular formula is C11H17N3O2S. The smallest absolute Gasteiger partial charge is 0.262 e. The van der Waals surface area contributed by atoms with Crippen LogP contribution in [0.4, 0.5) is 0 Å². The molecule has 0 saturated heterocycles. The summed E-state index contributed by atoms with van der Waals surface area (Å²) in [5.41, 5.74) is 0. The molecule has 0 aliphatic heterocycles. The summed E-state index contributed by atoms with van der Waals surface area (Å²) in [4.78, 5) is 4.07. The maximum atomic E-state index is 12.0. The van der Waals surface area contributed by atoms with Crippen LogP contribution in [-0.4, -0.2) is 35.9 Å². The molecule has 0 saturated carbocycles. The molecule has 17 heavy (non-hydrogen) atoms. The van der Waals surface area contributed by atoms with Gasteiger partial charge in [0.15, 0.2) is 5.03 Å². The zero-order chi connectivity index (χ0) is 13.1. The van der Waals surface area contributed by atoms with Crippen molar-refractivity contribution in [3.63, 3.8) is 0 Å². The van der Waals surface area contributed by atoms with E-state index in [4.69, 9.17) is 6.42 Å². The van der Waals surface area contributed by atoms with Crippen LogP contribution in [0.15, 0.2) is 11.2 Å². The van der Waals surface area contributed by atoms with Crippen molar-refractivity contribution in [2.24, 2.45) is 0 Å². The fourth-order valence-corrected chi connectivity index (χ4v) is 2.52. The Kier molecular flexibility index (Phi) is 4.32. The highest BCUT2D eigenvalue weighted by Gasteiger charge is 2.23. The Balaban J connectivity index is 3.08. The summed E-state index contributed by atoms with van der Waals surface area (Å²) < 4.78 is 27.0. The molecule has 0 radical (unpaired) electrons. The fraction of sp³-hybridized carbons (Fsp3) is 0.545. The summed E-state index contributed by atoms with van der Waals surface area (Å²) in [7, 11) is -2.11. The van der Waals surface area contributed by atoms with E-state index in [1.165, 1.54) is 7.05 Å². The molecule has 6 heteroatoms. The number of terminal acetylenes is 1. The lowest BCUT2D eigenvalue weighted by atomic mass is 10.5. The molecule has 0 atom stereocenters. The first-order valence-electron chi connectivity index (χ1n) is 5.37. The monoisotopic (exact) mass is 255 g/mol. The van der Waals surface area contributed by atoms with E-state index in [-0.39, 0.29) is 11.6 Å². The molecule has 0 aromatic carbocycles. The Hall–Kier alpha value is -1.32. The van der Waals surface area contributed by atoms with E-state index < -0.39 is 10.0 Å². The minimum atomic E-state index is -3.56. The number of imidazole rings is 1. The molecule has 94 valence electrons. The number of hydrogen-bond donors (Lipinski definition) is 0. The molecule has 0 N–H and O–H groups in total. The molecule has 5 nitrogen and oxygen atoms in total. The van der Waals surface area contributed by atoms with Crippen molar-refractivity contribution in [1.82, 2.24) is 13.9 Å². The second-order valence-corrected chi connectivity index (χ2v) is 5.78. The van der Waals surface area contributed by atoms with Crippen LogP contribution >= 0.6 is 0 Å². The first-order chi connectivity index (χ1) is 7.93. The summed E-state index contributed by atoms with van der Waals surface area (Å²) in [5, 5.41) is 0.0567. The third-order valence-electron chi connectivity index (χ3n) is 2.41. The van der Waals surface area contributed by atoms with E-state index in [1.807, 2.05) is 11.5 Å². The number of rotatable bonds is 5. The van der Waals surface area contributed by atoms with Crippen LogP contribution in [0.1, 0.15) is 19.2 Å². The molecule has 0 bridgehead atoms. The molecule has 0 aliphatic carbocycles. The van der Waals surface area contributed by atoms with Gasteiger partial charge in [-0.2, -0.15) is 4.31 Å². The fourth-order valence-electron chi connectivity index (χ4n) is 1.44. The van der Waals surface area contributed by atoms with Gasteiger partial charge in [-0.3, -0.25) is 0 Å². The molecular weight excluding hydrogens is 238 g/mol. The van der Waals surface area contributed by atoms with Gasteiger partial charge in [-0.25, -0.2) is 13.4 Å². The van der Waals surface area contributed by atoms with E-state index >= 15 is 0 Å². The van der Waals surface area contributed by atoms with E-state index in [2.05, 4.69) is 10.9 Å². The molecule has 1 aromatic rings. The van der Waals surface area contributed by atoms with Crippen molar-refractivity contribution in [3.05, 3.63) is 12.0 Å². The summed E-state index contributed by atoms with van der Waals surface area (Å²) in [6, 6.07) is 0. The molecule has 1 aromatic heterocycles. The third-order valence-corrected chi connectivity index (χ3v) is 4.08.